The third-order valence-corrected chi connectivity index (χ3v) is 3.81. The van der Waals surface area contributed by atoms with Crippen molar-refractivity contribution >= 4 is 11.2 Å². The molecule has 3 aromatic heterocycles. The molecule has 0 aliphatic rings. The molecule has 4 aromatic rings. The second-order valence-electron chi connectivity index (χ2n) is 5.49. The van der Waals surface area contributed by atoms with Gasteiger partial charge in [0.2, 0.25) is 0 Å². The van der Waals surface area contributed by atoms with Crippen LogP contribution < -0.4 is 4.74 Å². The third kappa shape index (κ3) is 2.44. The van der Waals surface area contributed by atoms with E-state index in [1.165, 1.54) is 13.2 Å². The molecule has 0 saturated heterocycles. The van der Waals surface area contributed by atoms with Crippen LogP contribution in [0.2, 0.25) is 0 Å². The summed E-state index contributed by atoms with van der Waals surface area (Å²) in [5, 5.41) is 4.31. The fraction of sp³-hybridized carbons (Fsp3) is 0.176. The van der Waals surface area contributed by atoms with Crippen LogP contribution in [-0.2, 0) is 6.54 Å². The molecule has 0 fully saturated rings. The Labute approximate surface area is 136 Å². The van der Waals surface area contributed by atoms with Crippen LogP contribution in [0.1, 0.15) is 11.5 Å². The number of benzene rings is 1. The lowest BCUT2D eigenvalue weighted by Gasteiger charge is -2.03. The van der Waals surface area contributed by atoms with Gasteiger partial charge < -0.3 is 14.1 Å². The highest BCUT2D eigenvalue weighted by Gasteiger charge is 2.13. The van der Waals surface area contributed by atoms with Crippen molar-refractivity contribution in [2.45, 2.75) is 13.5 Å². The summed E-state index contributed by atoms with van der Waals surface area (Å²) in [4.78, 5) is 7.69. The Bertz CT molecular complexity index is 1010. The summed E-state index contributed by atoms with van der Waals surface area (Å²) in [7, 11) is 1.43. The van der Waals surface area contributed by atoms with Gasteiger partial charge in [0.05, 0.1) is 13.3 Å². The molecule has 0 unspecified atom stereocenters. The Balaban J connectivity index is 1.70. The van der Waals surface area contributed by atoms with Crippen molar-refractivity contribution in [3.05, 3.63) is 53.9 Å². The van der Waals surface area contributed by atoms with E-state index in [0.717, 1.165) is 17.0 Å². The zero-order valence-electron chi connectivity index (χ0n) is 13.2. The fourth-order valence-electron chi connectivity index (χ4n) is 2.63. The topological polar surface area (TPSA) is 68.9 Å². The number of halogens is 1. The maximum Gasteiger partial charge on any atom is 0.177 e. The smallest absolute Gasteiger partial charge is 0.177 e. The summed E-state index contributed by atoms with van der Waals surface area (Å²) in [5.41, 5.74) is 2.12. The maximum atomic E-state index is 13.9. The quantitative estimate of drug-likeness (QED) is 0.623. The molecule has 0 saturated carbocycles. The van der Waals surface area contributed by atoms with Crippen LogP contribution in [0, 0.1) is 12.7 Å². The van der Waals surface area contributed by atoms with Gasteiger partial charge in [0, 0.05) is 5.56 Å². The first-order chi connectivity index (χ1) is 11.6. The number of hydrogen-bond donors (Lipinski definition) is 1. The summed E-state index contributed by atoms with van der Waals surface area (Å²) in [6.07, 6.45) is 1.70. The minimum absolute atomic E-state index is 0.203. The minimum atomic E-state index is -0.428. The van der Waals surface area contributed by atoms with Crippen molar-refractivity contribution in [3.8, 4) is 17.1 Å². The molecule has 1 aromatic carbocycles. The molecule has 0 spiro atoms. The average Bonchev–Trinajstić information content (AvgIpc) is 3.25. The third-order valence-electron chi connectivity index (χ3n) is 3.81. The monoisotopic (exact) mass is 326 g/mol. The highest BCUT2D eigenvalue weighted by atomic mass is 19.1. The van der Waals surface area contributed by atoms with E-state index in [1.807, 2.05) is 19.1 Å². The van der Waals surface area contributed by atoms with Gasteiger partial charge in [-0.05, 0) is 37.3 Å². The number of nitrogens with one attached hydrogen (secondary N) is 1. The van der Waals surface area contributed by atoms with E-state index in [0.29, 0.717) is 23.6 Å². The van der Waals surface area contributed by atoms with Gasteiger partial charge in [0.25, 0.3) is 0 Å². The SMILES string of the molecule is COc1ccc(-c2nc3c(cnn3Cc3ccc(C)o3)[nH]2)cc1F. The molecule has 0 atom stereocenters. The predicted octanol–water partition coefficient (Wildman–Crippen LogP) is 3.52. The standard InChI is InChI=1S/C17H15FN4O2/c1-10-3-5-12(24-10)9-22-17-14(8-19-22)20-16(21-17)11-4-6-15(23-2)13(18)7-11/h3-8H,9H2,1-2H3,(H,20,21). The summed E-state index contributed by atoms with van der Waals surface area (Å²) >= 11 is 0. The average molecular weight is 326 g/mol. The van der Waals surface area contributed by atoms with Crippen molar-refractivity contribution in [1.29, 1.82) is 0 Å². The van der Waals surface area contributed by atoms with Crippen LogP contribution in [-0.4, -0.2) is 26.9 Å². The molecule has 0 amide bonds. The molecule has 6 nitrogen and oxygen atoms in total. The van der Waals surface area contributed by atoms with Crippen LogP contribution in [0.25, 0.3) is 22.6 Å². The summed E-state index contributed by atoms with van der Waals surface area (Å²) < 4.78 is 26.1. The lowest BCUT2D eigenvalue weighted by atomic mass is 10.2. The van der Waals surface area contributed by atoms with Gasteiger partial charge in [-0.25, -0.2) is 14.1 Å². The predicted molar refractivity (Wildman–Crippen MR) is 86.4 cm³/mol. The summed E-state index contributed by atoms with van der Waals surface area (Å²) in [6.45, 7) is 2.38. The van der Waals surface area contributed by atoms with Gasteiger partial charge >= 0.3 is 0 Å². The molecule has 3 heterocycles. The van der Waals surface area contributed by atoms with Crippen molar-refractivity contribution in [1.82, 2.24) is 19.7 Å². The number of furan rings is 1. The van der Waals surface area contributed by atoms with Crippen LogP contribution in [0.3, 0.4) is 0 Å². The molecular weight excluding hydrogens is 311 g/mol. The van der Waals surface area contributed by atoms with Gasteiger partial charge in [0.1, 0.15) is 29.4 Å². The highest BCUT2D eigenvalue weighted by Crippen LogP contribution is 2.25. The number of ether oxygens (including phenoxy) is 1. The Morgan fingerprint density at radius 3 is 2.88 bits per heavy atom. The number of aromatic nitrogens is 4. The zero-order chi connectivity index (χ0) is 16.7. The lowest BCUT2D eigenvalue weighted by Crippen LogP contribution is -2.00. The maximum absolute atomic E-state index is 13.9. The highest BCUT2D eigenvalue weighted by molar-refractivity contribution is 5.76. The molecule has 4 rings (SSSR count). The normalized spacial score (nSPS) is 11.3. The van der Waals surface area contributed by atoms with Crippen LogP contribution in [0.5, 0.6) is 5.75 Å². The molecule has 0 bridgehead atoms. The van der Waals surface area contributed by atoms with E-state index in [2.05, 4.69) is 15.1 Å². The first-order valence-electron chi connectivity index (χ1n) is 7.45. The second kappa shape index (κ2) is 5.52. The van der Waals surface area contributed by atoms with E-state index in [4.69, 9.17) is 9.15 Å². The number of aryl methyl sites for hydroxylation is 1. The number of aromatic amines is 1. The number of nitrogens with zero attached hydrogens (tertiary/aromatic N) is 3. The number of methoxy groups -OCH3 is 1. The number of fused-ring (bicyclic) bond motifs is 1. The zero-order valence-corrected chi connectivity index (χ0v) is 13.2. The van der Waals surface area contributed by atoms with E-state index in [1.54, 1.807) is 23.0 Å². The molecule has 0 aliphatic carbocycles. The minimum Gasteiger partial charge on any atom is -0.494 e. The van der Waals surface area contributed by atoms with Crippen molar-refractivity contribution in [2.24, 2.45) is 0 Å². The Morgan fingerprint density at radius 1 is 1.29 bits per heavy atom. The fourth-order valence-corrected chi connectivity index (χ4v) is 2.63. The van der Waals surface area contributed by atoms with Gasteiger partial charge in [0.15, 0.2) is 17.2 Å². The van der Waals surface area contributed by atoms with Crippen LogP contribution in [0.15, 0.2) is 40.9 Å². The lowest BCUT2D eigenvalue weighted by molar-refractivity contribution is 0.386. The largest absolute Gasteiger partial charge is 0.494 e. The van der Waals surface area contributed by atoms with E-state index < -0.39 is 5.82 Å². The van der Waals surface area contributed by atoms with E-state index >= 15 is 0 Å². The molecule has 122 valence electrons. The molecule has 0 aliphatic heterocycles. The van der Waals surface area contributed by atoms with Crippen LogP contribution >= 0.6 is 0 Å². The van der Waals surface area contributed by atoms with Gasteiger partial charge in [-0.2, -0.15) is 5.10 Å². The van der Waals surface area contributed by atoms with Gasteiger partial charge in [-0.3, -0.25) is 0 Å². The molecular formula is C17H15FN4O2. The number of imidazole rings is 1. The first kappa shape index (κ1) is 14.5. The summed E-state index contributed by atoms with van der Waals surface area (Å²) in [6, 6.07) is 8.55. The van der Waals surface area contributed by atoms with E-state index in [-0.39, 0.29) is 5.75 Å². The first-order valence-corrected chi connectivity index (χ1v) is 7.45. The van der Waals surface area contributed by atoms with Gasteiger partial charge in [-0.15, -0.1) is 0 Å². The van der Waals surface area contributed by atoms with Crippen LogP contribution in [0.4, 0.5) is 4.39 Å². The van der Waals surface area contributed by atoms with Crippen molar-refractivity contribution in [3.63, 3.8) is 0 Å². The molecule has 7 heteroatoms. The summed E-state index contributed by atoms with van der Waals surface area (Å²) in [5.74, 6) is 2.01. The van der Waals surface area contributed by atoms with E-state index in [9.17, 15) is 4.39 Å². The Kier molecular flexibility index (Phi) is 3.34. The Morgan fingerprint density at radius 2 is 2.17 bits per heavy atom. The van der Waals surface area contributed by atoms with Crippen molar-refractivity contribution < 1.29 is 13.5 Å². The Hall–Kier alpha value is -3.09. The number of hydrogen-bond acceptors (Lipinski definition) is 4. The number of H-pyrrole nitrogens is 1. The molecule has 24 heavy (non-hydrogen) atoms. The van der Waals surface area contributed by atoms with Gasteiger partial charge in [-0.1, -0.05) is 0 Å². The molecule has 0 radical (unpaired) electrons. The second-order valence-corrected chi connectivity index (χ2v) is 5.49. The molecule has 1 N–H and O–H groups in total. The number of rotatable bonds is 4. The van der Waals surface area contributed by atoms with Crippen molar-refractivity contribution in [2.75, 3.05) is 7.11 Å².